The van der Waals surface area contributed by atoms with E-state index in [9.17, 15) is 14.4 Å². The quantitative estimate of drug-likeness (QED) is 0.516. The third-order valence-corrected chi connectivity index (χ3v) is 4.48. The van der Waals surface area contributed by atoms with E-state index in [4.69, 9.17) is 9.47 Å². The molecule has 0 radical (unpaired) electrons. The summed E-state index contributed by atoms with van der Waals surface area (Å²) < 4.78 is 10.1. The summed E-state index contributed by atoms with van der Waals surface area (Å²) in [4.78, 5) is 43.2. The maximum atomic E-state index is 12.5. The predicted molar refractivity (Wildman–Crippen MR) is 114 cm³/mol. The van der Waals surface area contributed by atoms with Crippen LogP contribution in [-0.2, 0) is 9.47 Å². The van der Waals surface area contributed by atoms with Gasteiger partial charge in [0, 0.05) is 22.0 Å². The minimum absolute atomic E-state index is 0.160. The Kier molecular flexibility index (Phi) is 6.06. The fourth-order valence-corrected chi connectivity index (χ4v) is 3.23. The van der Waals surface area contributed by atoms with Crippen LogP contribution in [-0.4, -0.2) is 40.1 Å². The van der Waals surface area contributed by atoms with Crippen LogP contribution in [0.2, 0.25) is 0 Å². The molecule has 2 aromatic heterocycles. The Bertz CT molecular complexity index is 1100. The van der Waals surface area contributed by atoms with Gasteiger partial charge in [-0.2, -0.15) is 0 Å². The lowest BCUT2D eigenvalue weighted by Crippen LogP contribution is -2.27. The van der Waals surface area contributed by atoms with Gasteiger partial charge in [-0.25, -0.2) is 14.6 Å². The van der Waals surface area contributed by atoms with Crippen molar-refractivity contribution in [1.82, 2.24) is 9.97 Å². The third-order valence-electron chi connectivity index (χ3n) is 3.72. The van der Waals surface area contributed by atoms with Crippen molar-refractivity contribution >= 4 is 51.0 Å². The zero-order valence-corrected chi connectivity index (χ0v) is 17.8. The Morgan fingerprint density at radius 1 is 1.17 bits per heavy atom. The molecule has 10 heteroatoms. The number of nitrogens with zero attached hydrogens (tertiary/aromatic N) is 1. The summed E-state index contributed by atoms with van der Waals surface area (Å²) in [6.07, 6.45) is -0.640. The van der Waals surface area contributed by atoms with Gasteiger partial charge in [-0.15, -0.1) is 11.3 Å². The highest BCUT2D eigenvalue weighted by Gasteiger charge is 2.18. The number of thiazole rings is 1. The Labute approximate surface area is 176 Å². The lowest BCUT2D eigenvalue weighted by Gasteiger charge is -2.18. The van der Waals surface area contributed by atoms with Gasteiger partial charge in [0.05, 0.1) is 6.61 Å². The van der Waals surface area contributed by atoms with Gasteiger partial charge in [-0.1, -0.05) is 0 Å². The highest BCUT2D eigenvalue weighted by Crippen LogP contribution is 2.22. The molecule has 2 heterocycles. The molecule has 30 heavy (non-hydrogen) atoms. The van der Waals surface area contributed by atoms with Crippen LogP contribution in [0.3, 0.4) is 0 Å². The summed E-state index contributed by atoms with van der Waals surface area (Å²) in [5, 5.41) is 7.80. The Morgan fingerprint density at radius 2 is 1.93 bits per heavy atom. The number of nitrogens with one attached hydrogen (secondary N) is 3. The van der Waals surface area contributed by atoms with Crippen molar-refractivity contribution in [3.63, 3.8) is 0 Å². The molecular weight excluding hydrogens is 408 g/mol. The van der Waals surface area contributed by atoms with Crippen molar-refractivity contribution in [1.29, 1.82) is 0 Å². The lowest BCUT2D eigenvalue weighted by molar-refractivity contribution is 0.0519. The number of aromatic amines is 1. The number of fused-ring (bicyclic) bond motifs is 1. The molecule has 0 aliphatic rings. The van der Waals surface area contributed by atoms with Gasteiger partial charge in [0.1, 0.15) is 17.0 Å². The largest absolute Gasteiger partial charge is 0.461 e. The molecule has 0 spiro atoms. The molecular formula is C20H22N4O5S. The summed E-state index contributed by atoms with van der Waals surface area (Å²) in [6.45, 7) is 7.29. The number of hydrogen-bond donors (Lipinski definition) is 3. The zero-order valence-electron chi connectivity index (χ0n) is 17.0. The number of rotatable bonds is 5. The Hall–Kier alpha value is -3.40. The molecule has 0 bridgehead atoms. The van der Waals surface area contributed by atoms with Crippen LogP contribution in [0.1, 0.15) is 48.7 Å². The van der Waals surface area contributed by atoms with Crippen LogP contribution in [0.5, 0.6) is 0 Å². The van der Waals surface area contributed by atoms with E-state index in [0.717, 1.165) is 22.2 Å². The molecule has 0 fully saturated rings. The van der Waals surface area contributed by atoms with Gasteiger partial charge in [0.25, 0.3) is 5.91 Å². The van der Waals surface area contributed by atoms with E-state index in [1.165, 1.54) is 5.38 Å². The first-order valence-electron chi connectivity index (χ1n) is 9.21. The number of esters is 1. The van der Waals surface area contributed by atoms with Gasteiger partial charge in [-0.3, -0.25) is 10.1 Å². The number of anilines is 2. The first-order valence-corrected chi connectivity index (χ1v) is 10.1. The van der Waals surface area contributed by atoms with Crippen LogP contribution in [0.25, 0.3) is 10.9 Å². The number of hydrogen-bond acceptors (Lipinski definition) is 7. The number of aromatic nitrogens is 2. The molecule has 9 nitrogen and oxygen atoms in total. The smallest absolute Gasteiger partial charge is 0.413 e. The highest BCUT2D eigenvalue weighted by atomic mass is 32.1. The van der Waals surface area contributed by atoms with Gasteiger partial charge in [0.15, 0.2) is 5.13 Å². The molecule has 0 atom stereocenters. The number of carbonyl (C=O) groups is 3. The summed E-state index contributed by atoms with van der Waals surface area (Å²) in [5.74, 6) is -0.865. The second kappa shape index (κ2) is 8.54. The molecule has 0 saturated carbocycles. The zero-order chi connectivity index (χ0) is 21.9. The van der Waals surface area contributed by atoms with E-state index in [0.29, 0.717) is 11.4 Å². The molecule has 0 saturated heterocycles. The summed E-state index contributed by atoms with van der Waals surface area (Å²) >= 11 is 1.12. The molecule has 0 aliphatic carbocycles. The van der Waals surface area contributed by atoms with Crippen LogP contribution in [0.15, 0.2) is 29.6 Å². The van der Waals surface area contributed by atoms with E-state index in [1.807, 2.05) is 0 Å². The molecule has 0 unspecified atom stereocenters. The third kappa shape index (κ3) is 5.35. The van der Waals surface area contributed by atoms with E-state index < -0.39 is 23.6 Å². The second-order valence-electron chi connectivity index (χ2n) is 7.32. The summed E-state index contributed by atoms with van der Waals surface area (Å²) in [6, 6.07) is 6.86. The van der Waals surface area contributed by atoms with E-state index in [-0.39, 0.29) is 17.4 Å². The molecule has 2 amide bonds. The van der Waals surface area contributed by atoms with Crippen LogP contribution in [0.4, 0.5) is 15.6 Å². The van der Waals surface area contributed by atoms with Gasteiger partial charge < -0.3 is 19.8 Å². The number of carbonyl (C=O) groups excluding carboxylic acids is 3. The maximum absolute atomic E-state index is 12.5. The van der Waals surface area contributed by atoms with Gasteiger partial charge in [-0.05, 0) is 52.0 Å². The molecule has 3 N–H and O–H groups in total. The average Bonchev–Trinajstić information content (AvgIpc) is 3.26. The first kappa shape index (κ1) is 21.3. The molecule has 1 aromatic carbocycles. The van der Waals surface area contributed by atoms with Crippen molar-refractivity contribution in [2.24, 2.45) is 0 Å². The fraction of sp³-hybridized carbons (Fsp3) is 0.300. The monoisotopic (exact) mass is 430 g/mol. The molecule has 0 aliphatic heterocycles. The van der Waals surface area contributed by atoms with E-state index in [2.05, 4.69) is 20.6 Å². The highest BCUT2D eigenvalue weighted by molar-refractivity contribution is 7.14. The first-order chi connectivity index (χ1) is 14.1. The summed E-state index contributed by atoms with van der Waals surface area (Å²) in [5.41, 5.74) is 1.15. The normalized spacial score (nSPS) is 11.2. The van der Waals surface area contributed by atoms with E-state index in [1.54, 1.807) is 52.0 Å². The van der Waals surface area contributed by atoms with Crippen molar-refractivity contribution < 1.29 is 23.9 Å². The molecule has 3 aromatic rings. The predicted octanol–water partition coefficient (Wildman–Crippen LogP) is 4.40. The van der Waals surface area contributed by atoms with Crippen molar-refractivity contribution in [3.05, 3.63) is 41.0 Å². The van der Waals surface area contributed by atoms with Crippen LogP contribution < -0.4 is 10.6 Å². The lowest BCUT2D eigenvalue weighted by atomic mass is 10.2. The number of H-pyrrole nitrogens is 1. The SMILES string of the molecule is CCOC(=O)c1cc2cc(NC(=O)c3csc(NC(=O)OC(C)(C)C)n3)ccc2[nH]1. The number of amides is 2. The molecule has 3 rings (SSSR count). The average molecular weight is 430 g/mol. The summed E-state index contributed by atoms with van der Waals surface area (Å²) in [7, 11) is 0. The Balaban J connectivity index is 1.67. The maximum Gasteiger partial charge on any atom is 0.413 e. The van der Waals surface area contributed by atoms with Gasteiger partial charge >= 0.3 is 12.1 Å². The van der Waals surface area contributed by atoms with Crippen molar-refractivity contribution in [2.45, 2.75) is 33.3 Å². The number of benzene rings is 1. The number of ether oxygens (including phenoxy) is 2. The van der Waals surface area contributed by atoms with Crippen molar-refractivity contribution in [2.75, 3.05) is 17.2 Å². The fourth-order valence-electron chi connectivity index (χ4n) is 2.55. The van der Waals surface area contributed by atoms with Crippen molar-refractivity contribution in [3.8, 4) is 0 Å². The minimum atomic E-state index is -0.640. The second-order valence-corrected chi connectivity index (χ2v) is 8.18. The minimum Gasteiger partial charge on any atom is -0.461 e. The van der Waals surface area contributed by atoms with Crippen LogP contribution >= 0.6 is 11.3 Å². The standard InChI is InChI=1S/C20H22N4O5S/c1-5-28-17(26)14-9-11-8-12(6-7-13(11)22-14)21-16(25)15-10-30-18(23-15)24-19(27)29-20(2,3)4/h6-10,22H,5H2,1-4H3,(H,21,25)(H,23,24,27). The molecule has 158 valence electrons. The van der Waals surface area contributed by atoms with Crippen LogP contribution in [0, 0.1) is 0 Å². The van der Waals surface area contributed by atoms with E-state index >= 15 is 0 Å². The topological polar surface area (TPSA) is 122 Å². The van der Waals surface area contributed by atoms with Gasteiger partial charge in [0.2, 0.25) is 0 Å². The Morgan fingerprint density at radius 3 is 2.63 bits per heavy atom.